The first-order valence-corrected chi connectivity index (χ1v) is 33.9. The van der Waals surface area contributed by atoms with Crippen molar-refractivity contribution in [1.82, 2.24) is 0 Å². The number of esters is 3. The molecule has 0 fully saturated rings. The van der Waals surface area contributed by atoms with Crippen molar-refractivity contribution in [3.05, 3.63) is 72.9 Å². The van der Waals surface area contributed by atoms with E-state index in [-0.39, 0.29) is 31.1 Å². The van der Waals surface area contributed by atoms with Crippen molar-refractivity contribution in [2.24, 2.45) is 0 Å². The molecule has 1 unspecified atom stereocenters. The van der Waals surface area contributed by atoms with Crippen molar-refractivity contribution in [3.63, 3.8) is 0 Å². The van der Waals surface area contributed by atoms with Gasteiger partial charge in [0, 0.05) is 19.3 Å². The van der Waals surface area contributed by atoms with E-state index in [1.165, 1.54) is 199 Å². The topological polar surface area (TPSA) is 78.9 Å². The Morgan fingerprint density at radius 1 is 0.269 bits per heavy atom. The first-order chi connectivity index (χ1) is 38.5. The van der Waals surface area contributed by atoms with E-state index < -0.39 is 6.10 Å². The number of unbranched alkanes of at least 4 members (excludes halogenated alkanes) is 39. The SMILES string of the molecule is CC/C=C\C/C=C\C/C=C\C/C=C\C/C=C\C/C=C\CCCCCCC(=O)OC(COC(=O)CCCCCCCCCCCCCC)COC(=O)CCCCCCCCCCCCCCCCCCCCCCCCCCC. The molecule has 0 aliphatic rings. The Balaban J connectivity index is 4.29. The molecule has 0 aromatic heterocycles. The number of carbonyl (C=O) groups is 3. The maximum atomic E-state index is 12.9. The van der Waals surface area contributed by atoms with Crippen LogP contribution in [0, 0.1) is 0 Å². The number of rotatable bonds is 62. The molecule has 0 N–H and O–H groups in total. The molecule has 0 amide bonds. The van der Waals surface area contributed by atoms with Gasteiger partial charge in [-0.3, -0.25) is 14.4 Å². The smallest absolute Gasteiger partial charge is 0.306 e. The summed E-state index contributed by atoms with van der Waals surface area (Å²) in [4.78, 5) is 38.3. The first kappa shape index (κ1) is 74.8. The fraction of sp³-hybridized carbons (Fsp3) is 0.792. The lowest BCUT2D eigenvalue weighted by Crippen LogP contribution is -2.30. The summed E-state index contributed by atoms with van der Waals surface area (Å²) in [5.41, 5.74) is 0. The van der Waals surface area contributed by atoms with Gasteiger partial charge in [-0.05, 0) is 70.6 Å². The largest absolute Gasteiger partial charge is 0.462 e. The van der Waals surface area contributed by atoms with Crippen LogP contribution in [0.4, 0.5) is 0 Å². The lowest BCUT2D eigenvalue weighted by Gasteiger charge is -2.18. The van der Waals surface area contributed by atoms with Crippen LogP contribution in [-0.2, 0) is 28.6 Å². The molecule has 0 spiro atoms. The van der Waals surface area contributed by atoms with Crippen LogP contribution in [0.1, 0.15) is 348 Å². The Hall–Kier alpha value is -3.15. The fourth-order valence-electron chi connectivity index (χ4n) is 9.92. The molecule has 452 valence electrons. The highest BCUT2D eigenvalue weighted by atomic mass is 16.6. The summed E-state index contributed by atoms with van der Waals surface area (Å²) in [7, 11) is 0. The van der Waals surface area contributed by atoms with E-state index >= 15 is 0 Å². The maximum Gasteiger partial charge on any atom is 0.306 e. The van der Waals surface area contributed by atoms with Crippen LogP contribution in [0.25, 0.3) is 0 Å². The number of hydrogen-bond acceptors (Lipinski definition) is 6. The molecule has 1 atom stereocenters. The molecular weight excluding hydrogens is 961 g/mol. The van der Waals surface area contributed by atoms with Gasteiger partial charge in [0.1, 0.15) is 13.2 Å². The molecule has 6 heteroatoms. The quantitative estimate of drug-likeness (QED) is 0.0261. The molecule has 0 radical (unpaired) electrons. The van der Waals surface area contributed by atoms with Gasteiger partial charge in [-0.2, -0.15) is 0 Å². The molecule has 0 saturated carbocycles. The van der Waals surface area contributed by atoms with Gasteiger partial charge in [0.05, 0.1) is 0 Å². The minimum atomic E-state index is -0.787. The van der Waals surface area contributed by atoms with Crippen molar-refractivity contribution < 1.29 is 28.6 Å². The normalized spacial score (nSPS) is 12.5. The molecule has 0 aromatic carbocycles. The minimum absolute atomic E-state index is 0.0815. The van der Waals surface area contributed by atoms with Crippen LogP contribution >= 0.6 is 0 Å². The molecule has 0 bridgehead atoms. The number of allylic oxidation sites excluding steroid dienone is 12. The Labute approximate surface area is 484 Å². The van der Waals surface area contributed by atoms with E-state index in [1.54, 1.807) is 0 Å². The highest BCUT2D eigenvalue weighted by molar-refractivity contribution is 5.71. The number of ether oxygens (including phenoxy) is 3. The third kappa shape index (κ3) is 63.7. The molecule has 6 nitrogen and oxygen atoms in total. The van der Waals surface area contributed by atoms with E-state index in [4.69, 9.17) is 14.2 Å². The zero-order valence-corrected chi connectivity index (χ0v) is 51.9. The average Bonchev–Trinajstić information content (AvgIpc) is 3.44. The summed E-state index contributed by atoms with van der Waals surface area (Å²) in [5, 5.41) is 0. The number of carbonyl (C=O) groups excluding carboxylic acids is 3. The Morgan fingerprint density at radius 2 is 0.500 bits per heavy atom. The third-order valence-electron chi connectivity index (χ3n) is 15.0. The van der Waals surface area contributed by atoms with E-state index in [2.05, 4.69) is 93.7 Å². The number of hydrogen-bond donors (Lipinski definition) is 0. The predicted octanol–water partition coefficient (Wildman–Crippen LogP) is 23.3. The zero-order valence-electron chi connectivity index (χ0n) is 51.9. The Morgan fingerprint density at radius 3 is 0.782 bits per heavy atom. The zero-order chi connectivity index (χ0) is 56.4. The van der Waals surface area contributed by atoms with Gasteiger partial charge in [0.25, 0.3) is 0 Å². The standard InChI is InChI=1S/C72H128O6/c1-4-7-10-13-16-19-22-25-27-29-31-33-35-36-38-39-41-43-45-47-50-53-56-59-62-65-71(74)77-68-69(67-76-70(73)64-61-58-55-52-49-24-21-18-15-12-9-6-3)78-72(75)66-63-60-57-54-51-48-46-44-42-40-37-34-32-30-28-26-23-20-17-14-11-8-5-2/h8,11,17,20,26,28,32,34,40,42,46,48,69H,4-7,9-10,12-16,18-19,21-25,27,29-31,33,35-39,41,43-45,47,49-68H2,1-3H3/b11-8-,20-17-,28-26-,34-32-,42-40-,48-46-. The summed E-state index contributed by atoms with van der Waals surface area (Å²) in [6.07, 6.45) is 86.4. The minimum Gasteiger partial charge on any atom is -0.462 e. The second-order valence-corrected chi connectivity index (χ2v) is 22.7. The predicted molar refractivity (Wildman–Crippen MR) is 339 cm³/mol. The van der Waals surface area contributed by atoms with Crippen LogP contribution < -0.4 is 0 Å². The fourth-order valence-corrected chi connectivity index (χ4v) is 9.92. The van der Waals surface area contributed by atoms with Crippen LogP contribution in [0.5, 0.6) is 0 Å². The van der Waals surface area contributed by atoms with Gasteiger partial charge in [0.15, 0.2) is 6.10 Å². The first-order valence-electron chi connectivity index (χ1n) is 33.9. The van der Waals surface area contributed by atoms with Gasteiger partial charge >= 0.3 is 17.9 Å². The van der Waals surface area contributed by atoms with Crippen molar-refractivity contribution in [3.8, 4) is 0 Å². The van der Waals surface area contributed by atoms with Crippen molar-refractivity contribution in [2.45, 2.75) is 354 Å². The van der Waals surface area contributed by atoms with Crippen molar-refractivity contribution >= 4 is 17.9 Å². The summed E-state index contributed by atoms with van der Waals surface area (Å²) >= 11 is 0. The molecule has 0 saturated heterocycles. The monoisotopic (exact) mass is 1090 g/mol. The van der Waals surface area contributed by atoms with Crippen LogP contribution in [0.2, 0.25) is 0 Å². The Kier molecular flexibility index (Phi) is 63.7. The molecule has 0 aliphatic carbocycles. The highest BCUT2D eigenvalue weighted by Crippen LogP contribution is 2.18. The molecular formula is C72H128O6. The maximum absolute atomic E-state index is 12.9. The second kappa shape index (κ2) is 66.4. The summed E-state index contributed by atoms with van der Waals surface area (Å²) in [6, 6.07) is 0. The summed E-state index contributed by atoms with van der Waals surface area (Å²) < 4.78 is 16.9. The molecule has 0 rings (SSSR count). The van der Waals surface area contributed by atoms with Crippen molar-refractivity contribution in [1.29, 1.82) is 0 Å². The Bertz CT molecular complexity index is 1440. The van der Waals surface area contributed by atoms with Crippen LogP contribution in [-0.4, -0.2) is 37.2 Å². The van der Waals surface area contributed by atoms with Gasteiger partial charge in [-0.15, -0.1) is 0 Å². The third-order valence-corrected chi connectivity index (χ3v) is 15.0. The summed E-state index contributed by atoms with van der Waals surface area (Å²) in [5.74, 6) is -0.887. The lowest BCUT2D eigenvalue weighted by molar-refractivity contribution is -0.167. The van der Waals surface area contributed by atoms with Gasteiger partial charge < -0.3 is 14.2 Å². The van der Waals surface area contributed by atoms with E-state index in [0.29, 0.717) is 19.3 Å². The van der Waals surface area contributed by atoms with Gasteiger partial charge in [0.2, 0.25) is 0 Å². The van der Waals surface area contributed by atoms with E-state index in [0.717, 1.165) is 109 Å². The molecule has 78 heavy (non-hydrogen) atoms. The molecule has 0 aromatic rings. The van der Waals surface area contributed by atoms with E-state index in [1.807, 2.05) is 0 Å². The second-order valence-electron chi connectivity index (χ2n) is 22.7. The highest BCUT2D eigenvalue weighted by Gasteiger charge is 2.19. The van der Waals surface area contributed by atoms with Crippen LogP contribution in [0.3, 0.4) is 0 Å². The van der Waals surface area contributed by atoms with Crippen LogP contribution in [0.15, 0.2) is 72.9 Å². The summed E-state index contributed by atoms with van der Waals surface area (Å²) in [6.45, 7) is 6.55. The van der Waals surface area contributed by atoms with Gasteiger partial charge in [-0.25, -0.2) is 0 Å². The van der Waals surface area contributed by atoms with Crippen molar-refractivity contribution in [2.75, 3.05) is 13.2 Å². The average molecular weight is 1090 g/mol. The molecule has 0 aliphatic heterocycles. The molecule has 0 heterocycles. The van der Waals surface area contributed by atoms with Gasteiger partial charge in [-0.1, -0.05) is 331 Å². The lowest BCUT2D eigenvalue weighted by atomic mass is 10.0. The van der Waals surface area contributed by atoms with E-state index in [9.17, 15) is 14.4 Å².